The van der Waals surface area contributed by atoms with Gasteiger partial charge in [-0.3, -0.25) is 4.79 Å². The molecule has 0 aliphatic carbocycles. The Bertz CT molecular complexity index is 1120. The summed E-state index contributed by atoms with van der Waals surface area (Å²) in [5, 5.41) is 6.25. The number of thiazole rings is 1. The number of nitrogens with zero attached hydrogens (tertiary/aromatic N) is 1. The number of amides is 1. The summed E-state index contributed by atoms with van der Waals surface area (Å²) in [5.41, 5.74) is 4.83. The number of hydrogen-bond acceptors (Lipinski definition) is 3. The summed E-state index contributed by atoms with van der Waals surface area (Å²) in [6.07, 6.45) is 7.23. The first-order valence-corrected chi connectivity index (χ1v) is 8.98. The Morgan fingerprint density at radius 3 is 2.81 bits per heavy atom. The molecule has 0 saturated heterocycles. The van der Waals surface area contributed by atoms with E-state index in [1.165, 1.54) is 22.3 Å². The largest absolute Gasteiger partial charge is 0.361 e. The Hall–Kier alpha value is -3.36. The molecule has 0 radical (unpaired) electrons. The van der Waals surface area contributed by atoms with Crippen molar-refractivity contribution in [2.75, 3.05) is 0 Å². The van der Waals surface area contributed by atoms with Crippen molar-refractivity contribution in [1.29, 1.82) is 0 Å². The van der Waals surface area contributed by atoms with Gasteiger partial charge in [-0.1, -0.05) is 36.4 Å². The molecule has 0 spiro atoms. The molecule has 0 bridgehead atoms. The van der Waals surface area contributed by atoms with E-state index in [-0.39, 0.29) is 5.91 Å². The predicted octanol–water partition coefficient (Wildman–Crippen LogP) is 4.20. The Kier molecular flexibility index (Phi) is 4.26. The minimum absolute atomic E-state index is 0.219. The molecule has 4 nitrogen and oxygen atoms in total. The molecule has 5 heteroatoms. The number of hydrogen-bond donors (Lipinski definition) is 2. The maximum atomic E-state index is 12.1. The van der Waals surface area contributed by atoms with Crippen LogP contribution in [0.25, 0.3) is 22.0 Å². The molecule has 0 saturated carbocycles. The Morgan fingerprint density at radius 1 is 1.19 bits per heavy atom. The van der Waals surface area contributed by atoms with E-state index in [0.717, 1.165) is 16.6 Å². The zero-order valence-corrected chi connectivity index (χ0v) is 14.6. The number of nitrogens with one attached hydrogen (secondary N) is 2. The van der Waals surface area contributed by atoms with Crippen molar-refractivity contribution in [1.82, 2.24) is 15.3 Å². The molecule has 126 valence electrons. The van der Waals surface area contributed by atoms with Gasteiger partial charge in [0.15, 0.2) is 5.01 Å². The molecule has 0 aliphatic rings. The van der Waals surface area contributed by atoms with Crippen LogP contribution in [0.4, 0.5) is 0 Å². The molecular weight excluding hydrogens is 342 g/mol. The number of terminal acetylenes is 1. The van der Waals surface area contributed by atoms with Crippen molar-refractivity contribution >= 4 is 28.1 Å². The highest BCUT2D eigenvalue weighted by atomic mass is 32.1. The summed E-state index contributed by atoms with van der Waals surface area (Å²) in [5.74, 6) is 2.22. The van der Waals surface area contributed by atoms with Gasteiger partial charge in [0.1, 0.15) is 5.69 Å². The highest BCUT2D eigenvalue weighted by Gasteiger charge is 2.10. The Morgan fingerprint density at radius 2 is 2.04 bits per heavy atom. The Balaban J connectivity index is 1.47. The quantitative estimate of drug-likeness (QED) is 0.538. The maximum absolute atomic E-state index is 12.1. The second kappa shape index (κ2) is 6.87. The SMILES string of the molecule is C#Cc1nc(C(=O)NCc2ccc(-c3cccc4[nH]ccc34)cc2)cs1. The third-order valence-corrected chi connectivity index (χ3v) is 4.95. The van der Waals surface area contributed by atoms with E-state index in [1.807, 2.05) is 24.4 Å². The Labute approximate surface area is 154 Å². The van der Waals surface area contributed by atoms with Crippen molar-refractivity contribution < 1.29 is 4.79 Å². The van der Waals surface area contributed by atoms with Gasteiger partial charge in [-0.2, -0.15) is 0 Å². The van der Waals surface area contributed by atoms with E-state index in [1.54, 1.807) is 5.38 Å². The molecule has 2 aromatic heterocycles. The lowest BCUT2D eigenvalue weighted by Gasteiger charge is -2.07. The zero-order chi connectivity index (χ0) is 17.9. The van der Waals surface area contributed by atoms with Crippen LogP contribution in [0.1, 0.15) is 21.1 Å². The summed E-state index contributed by atoms with van der Waals surface area (Å²) < 4.78 is 0. The first-order valence-electron chi connectivity index (χ1n) is 8.10. The zero-order valence-electron chi connectivity index (χ0n) is 13.8. The second-order valence-electron chi connectivity index (χ2n) is 5.81. The van der Waals surface area contributed by atoms with Gasteiger partial charge in [-0.25, -0.2) is 4.98 Å². The first-order chi connectivity index (χ1) is 12.7. The van der Waals surface area contributed by atoms with Crippen LogP contribution < -0.4 is 5.32 Å². The van der Waals surface area contributed by atoms with E-state index in [2.05, 4.69) is 51.5 Å². The number of benzene rings is 2. The summed E-state index contributed by atoms with van der Waals surface area (Å²) in [7, 11) is 0. The smallest absolute Gasteiger partial charge is 0.271 e. The molecule has 2 heterocycles. The first kappa shape index (κ1) is 16.1. The molecule has 0 fully saturated rings. The lowest BCUT2D eigenvalue weighted by atomic mass is 10.0. The molecule has 0 aliphatic heterocycles. The van der Waals surface area contributed by atoms with Gasteiger partial charge in [0.2, 0.25) is 0 Å². The van der Waals surface area contributed by atoms with Gasteiger partial charge in [0.05, 0.1) is 0 Å². The standard InChI is InChI=1S/C21H15N3OS/c1-2-20-24-19(13-26-20)21(25)23-12-14-6-8-15(9-7-14)16-4-3-5-18-17(16)10-11-22-18/h1,3-11,13,22H,12H2,(H,23,25). The molecular formula is C21H15N3OS. The topological polar surface area (TPSA) is 57.8 Å². The monoisotopic (exact) mass is 357 g/mol. The van der Waals surface area contributed by atoms with E-state index in [0.29, 0.717) is 17.2 Å². The van der Waals surface area contributed by atoms with Gasteiger partial charge in [0.25, 0.3) is 5.91 Å². The molecule has 4 rings (SSSR count). The number of carbonyl (C=O) groups excluding carboxylic acids is 1. The number of rotatable bonds is 4. The maximum Gasteiger partial charge on any atom is 0.271 e. The molecule has 2 aromatic carbocycles. The van der Waals surface area contributed by atoms with E-state index >= 15 is 0 Å². The highest BCUT2D eigenvalue weighted by molar-refractivity contribution is 7.10. The third kappa shape index (κ3) is 3.10. The normalized spacial score (nSPS) is 10.6. The fourth-order valence-electron chi connectivity index (χ4n) is 2.86. The summed E-state index contributed by atoms with van der Waals surface area (Å²) in [4.78, 5) is 19.4. The summed E-state index contributed by atoms with van der Waals surface area (Å²) >= 11 is 1.29. The van der Waals surface area contributed by atoms with E-state index in [9.17, 15) is 4.79 Å². The number of H-pyrrole nitrogens is 1. The van der Waals surface area contributed by atoms with Gasteiger partial charge in [0, 0.05) is 29.0 Å². The van der Waals surface area contributed by atoms with Gasteiger partial charge in [-0.05, 0) is 34.7 Å². The summed E-state index contributed by atoms with van der Waals surface area (Å²) in [6, 6.07) is 16.5. The van der Waals surface area contributed by atoms with Crippen LogP contribution in [0.5, 0.6) is 0 Å². The average molecular weight is 357 g/mol. The minimum Gasteiger partial charge on any atom is -0.361 e. The minimum atomic E-state index is -0.219. The fraction of sp³-hybridized carbons (Fsp3) is 0.0476. The van der Waals surface area contributed by atoms with Crippen molar-refractivity contribution in [3.63, 3.8) is 0 Å². The third-order valence-electron chi connectivity index (χ3n) is 4.17. The number of aromatic amines is 1. The van der Waals surface area contributed by atoms with Crippen molar-refractivity contribution in [3.05, 3.63) is 76.4 Å². The lowest BCUT2D eigenvalue weighted by molar-refractivity contribution is 0.0946. The molecule has 0 unspecified atom stereocenters. The van der Waals surface area contributed by atoms with Crippen LogP contribution in [0, 0.1) is 12.3 Å². The van der Waals surface area contributed by atoms with Crippen LogP contribution >= 0.6 is 11.3 Å². The number of fused-ring (bicyclic) bond motifs is 1. The van der Waals surface area contributed by atoms with Crippen LogP contribution in [0.2, 0.25) is 0 Å². The van der Waals surface area contributed by atoms with Crippen LogP contribution in [-0.4, -0.2) is 15.9 Å². The van der Waals surface area contributed by atoms with Gasteiger partial charge in [-0.15, -0.1) is 17.8 Å². The van der Waals surface area contributed by atoms with Crippen LogP contribution in [-0.2, 0) is 6.54 Å². The van der Waals surface area contributed by atoms with Crippen molar-refractivity contribution in [3.8, 4) is 23.5 Å². The summed E-state index contributed by atoms with van der Waals surface area (Å²) in [6.45, 7) is 0.441. The van der Waals surface area contributed by atoms with Gasteiger partial charge >= 0.3 is 0 Å². The highest BCUT2D eigenvalue weighted by Crippen LogP contribution is 2.28. The molecule has 2 N–H and O–H groups in total. The number of aromatic nitrogens is 2. The van der Waals surface area contributed by atoms with Crippen LogP contribution in [0.15, 0.2) is 60.1 Å². The second-order valence-corrected chi connectivity index (χ2v) is 6.66. The molecule has 26 heavy (non-hydrogen) atoms. The van der Waals surface area contributed by atoms with E-state index in [4.69, 9.17) is 6.42 Å². The lowest BCUT2D eigenvalue weighted by Crippen LogP contribution is -2.23. The van der Waals surface area contributed by atoms with Crippen molar-refractivity contribution in [2.24, 2.45) is 0 Å². The average Bonchev–Trinajstić information content (AvgIpc) is 3.35. The van der Waals surface area contributed by atoms with Gasteiger partial charge < -0.3 is 10.3 Å². The van der Waals surface area contributed by atoms with Crippen LogP contribution in [0.3, 0.4) is 0 Å². The predicted molar refractivity (Wildman–Crippen MR) is 105 cm³/mol. The van der Waals surface area contributed by atoms with Crippen molar-refractivity contribution in [2.45, 2.75) is 6.54 Å². The number of carbonyl (C=O) groups is 1. The fourth-order valence-corrected chi connectivity index (χ4v) is 3.46. The molecule has 1 amide bonds. The molecule has 0 atom stereocenters. The molecule has 4 aromatic rings. The van der Waals surface area contributed by atoms with E-state index < -0.39 is 0 Å².